The van der Waals surface area contributed by atoms with Crippen LogP contribution in [-0.2, 0) is 14.9 Å². The molecule has 0 radical (unpaired) electrons. The monoisotopic (exact) mass is 272 g/mol. The summed E-state index contributed by atoms with van der Waals surface area (Å²) in [4.78, 5) is 11.6. The molecule has 100 valence electrons. The second-order valence-corrected chi connectivity index (χ2v) is 5.39. The molecule has 1 rings (SSSR count). The molecule has 0 unspecified atom stereocenters. The number of hydrogen-bond donors (Lipinski definition) is 3. The van der Waals surface area contributed by atoms with E-state index in [-0.39, 0.29) is 24.6 Å². The number of nitrogens with one attached hydrogen (secondary N) is 1. The lowest BCUT2D eigenvalue weighted by molar-refractivity contribution is -0.122. The number of amides is 1. The maximum absolute atomic E-state index is 11.6. The van der Waals surface area contributed by atoms with Gasteiger partial charge in [-0.1, -0.05) is 30.3 Å². The first-order valence-electron chi connectivity index (χ1n) is 5.43. The Morgan fingerprint density at radius 2 is 1.94 bits per heavy atom. The zero-order valence-electron chi connectivity index (χ0n) is 9.74. The molecule has 0 saturated carbocycles. The van der Waals surface area contributed by atoms with Gasteiger partial charge in [-0.05, 0) is 12.0 Å². The third kappa shape index (κ3) is 5.26. The minimum absolute atomic E-state index is 0.145. The van der Waals surface area contributed by atoms with Gasteiger partial charge in [0.1, 0.15) is 6.04 Å². The van der Waals surface area contributed by atoms with E-state index in [0.29, 0.717) is 5.56 Å². The Morgan fingerprint density at radius 1 is 1.33 bits per heavy atom. The van der Waals surface area contributed by atoms with Gasteiger partial charge >= 0.3 is 0 Å². The van der Waals surface area contributed by atoms with E-state index in [1.807, 2.05) is 6.07 Å². The first-order chi connectivity index (χ1) is 8.40. The highest BCUT2D eigenvalue weighted by Gasteiger charge is 2.14. The molecule has 1 atom stereocenters. The lowest BCUT2D eigenvalue weighted by Gasteiger charge is -2.12. The molecular formula is C11H16N2O4S. The van der Waals surface area contributed by atoms with E-state index in [1.165, 1.54) is 0 Å². The maximum atomic E-state index is 11.6. The van der Waals surface area contributed by atoms with Crippen LogP contribution in [0, 0.1) is 0 Å². The molecule has 0 bridgehead atoms. The van der Waals surface area contributed by atoms with Crippen LogP contribution >= 0.6 is 0 Å². The number of rotatable bonds is 6. The van der Waals surface area contributed by atoms with Gasteiger partial charge in [0.25, 0.3) is 10.1 Å². The standard InChI is InChI=1S/C11H16N2O4S/c12-10(9-5-2-1-3-6-9)11(14)13-7-4-8-18(15,16)17/h1-3,5-6,10H,4,7-8,12H2,(H,13,14)(H,15,16,17)/t10-/m0/s1. The fraction of sp³-hybridized carbons (Fsp3) is 0.364. The average molecular weight is 272 g/mol. The summed E-state index contributed by atoms with van der Waals surface area (Å²) in [6, 6.07) is 8.07. The number of benzene rings is 1. The minimum atomic E-state index is -3.98. The van der Waals surface area contributed by atoms with E-state index in [9.17, 15) is 13.2 Å². The van der Waals surface area contributed by atoms with Gasteiger partial charge in [0.2, 0.25) is 5.91 Å². The number of carbonyl (C=O) groups excluding carboxylic acids is 1. The van der Waals surface area contributed by atoms with Crippen molar-refractivity contribution in [1.82, 2.24) is 5.32 Å². The Kier molecular flexibility index (Phi) is 5.26. The van der Waals surface area contributed by atoms with Crippen LogP contribution in [0.1, 0.15) is 18.0 Å². The van der Waals surface area contributed by atoms with E-state index < -0.39 is 16.2 Å². The van der Waals surface area contributed by atoms with Gasteiger partial charge in [0, 0.05) is 6.54 Å². The first kappa shape index (κ1) is 14.6. The lowest BCUT2D eigenvalue weighted by Crippen LogP contribution is -2.35. The van der Waals surface area contributed by atoms with Crippen LogP contribution in [0.2, 0.25) is 0 Å². The van der Waals surface area contributed by atoms with Crippen molar-refractivity contribution in [2.45, 2.75) is 12.5 Å². The van der Waals surface area contributed by atoms with Gasteiger partial charge in [-0.2, -0.15) is 8.42 Å². The predicted molar refractivity (Wildman–Crippen MR) is 67.4 cm³/mol. The third-order valence-corrected chi connectivity index (χ3v) is 3.12. The molecule has 1 aromatic rings. The highest BCUT2D eigenvalue weighted by atomic mass is 32.2. The summed E-state index contributed by atoms with van der Waals surface area (Å²) in [7, 11) is -3.98. The van der Waals surface area contributed by atoms with Gasteiger partial charge in [-0.3, -0.25) is 9.35 Å². The number of hydrogen-bond acceptors (Lipinski definition) is 4. The van der Waals surface area contributed by atoms with E-state index >= 15 is 0 Å². The molecule has 0 spiro atoms. The van der Waals surface area contributed by atoms with Crippen molar-refractivity contribution >= 4 is 16.0 Å². The predicted octanol–water partition coefficient (Wildman–Crippen LogP) is 0.0805. The molecule has 0 fully saturated rings. The average Bonchev–Trinajstić information content (AvgIpc) is 2.33. The van der Waals surface area contributed by atoms with Crippen LogP contribution < -0.4 is 11.1 Å². The number of nitrogens with two attached hydrogens (primary N) is 1. The molecule has 6 nitrogen and oxygen atoms in total. The third-order valence-electron chi connectivity index (χ3n) is 2.32. The van der Waals surface area contributed by atoms with Crippen molar-refractivity contribution in [3.63, 3.8) is 0 Å². The van der Waals surface area contributed by atoms with Crippen LogP contribution in [0.4, 0.5) is 0 Å². The molecule has 0 aromatic heterocycles. The van der Waals surface area contributed by atoms with Crippen molar-refractivity contribution in [3.05, 3.63) is 35.9 Å². The summed E-state index contributed by atoms with van der Waals surface area (Å²) in [6.45, 7) is 0.152. The van der Waals surface area contributed by atoms with Gasteiger partial charge < -0.3 is 11.1 Å². The Balaban J connectivity index is 2.38. The molecule has 0 saturated heterocycles. The SMILES string of the molecule is N[C@H](C(=O)NCCCS(=O)(=O)O)c1ccccc1. The fourth-order valence-corrected chi connectivity index (χ4v) is 1.90. The van der Waals surface area contributed by atoms with Crippen LogP contribution in [0.25, 0.3) is 0 Å². The zero-order valence-corrected chi connectivity index (χ0v) is 10.6. The van der Waals surface area contributed by atoms with Crippen molar-refractivity contribution in [2.75, 3.05) is 12.3 Å². The van der Waals surface area contributed by atoms with Crippen molar-refractivity contribution in [1.29, 1.82) is 0 Å². The van der Waals surface area contributed by atoms with Crippen LogP contribution in [0.5, 0.6) is 0 Å². The van der Waals surface area contributed by atoms with Crippen molar-refractivity contribution < 1.29 is 17.8 Å². The Bertz CT molecular complexity index is 487. The van der Waals surface area contributed by atoms with E-state index in [0.717, 1.165) is 0 Å². The van der Waals surface area contributed by atoms with E-state index in [4.69, 9.17) is 10.3 Å². The zero-order chi connectivity index (χ0) is 13.6. The van der Waals surface area contributed by atoms with Crippen molar-refractivity contribution in [3.8, 4) is 0 Å². The normalized spacial score (nSPS) is 13.0. The largest absolute Gasteiger partial charge is 0.354 e. The van der Waals surface area contributed by atoms with Gasteiger partial charge in [-0.15, -0.1) is 0 Å². The first-order valence-corrected chi connectivity index (χ1v) is 7.04. The van der Waals surface area contributed by atoms with Crippen LogP contribution in [0.3, 0.4) is 0 Å². The summed E-state index contributed by atoms with van der Waals surface area (Å²) < 4.78 is 29.4. The molecule has 1 amide bonds. The smallest absolute Gasteiger partial charge is 0.264 e. The van der Waals surface area contributed by atoms with Crippen molar-refractivity contribution in [2.24, 2.45) is 5.73 Å². The Morgan fingerprint density at radius 3 is 2.50 bits per heavy atom. The fourth-order valence-electron chi connectivity index (χ4n) is 1.39. The quantitative estimate of drug-likeness (QED) is 0.502. The summed E-state index contributed by atoms with van der Waals surface area (Å²) in [5, 5.41) is 2.51. The Hall–Kier alpha value is -1.44. The summed E-state index contributed by atoms with van der Waals surface area (Å²) >= 11 is 0. The molecule has 1 aromatic carbocycles. The lowest BCUT2D eigenvalue weighted by atomic mass is 10.1. The van der Waals surface area contributed by atoms with Gasteiger partial charge in [0.15, 0.2) is 0 Å². The molecular weight excluding hydrogens is 256 g/mol. The molecule has 0 aliphatic carbocycles. The summed E-state index contributed by atoms with van der Waals surface area (Å²) in [5.41, 5.74) is 6.41. The van der Waals surface area contributed by atoms with Crippen LogP contribution in [0.15, 0.2) is 30.3 Å². The second kappa shape index (κ2) is 6.48. The minimum Gasteiger partial charge on any atom is -0.354 e. The molecule has 4 N–H and O–H groups in total. The van der Waals surface area contributed by atoms with Crippen LogP contribution in [-0.4, -0.2) is 31.2 Å². The second-order valence-electron chi connectivity index (χ2n) is 3.82. The van der Waals surface area contributed by atoms with Gasteiger partial charge in [0.05, 0.1) is 5.75 Å². The topological polar surface area (TPSA) is 109 Å². The van der Waals surface area contributed by atoms with E-state index in [2.05, 4.69) is 5.32 Å². The number of carbonyl (C=O) groups is 1. The Labute approximate surface area is 106 Å². The van der Waals surface area contributed by atoms with Gasteiger partial charge in [-0.25, -0.2) is 0 Å². The maximum Gasteiger partial charge on any atom is 0.264 e. The highest BCUT2D eigenvalue weighted by Crippen LogP contribution is 2.08. The molecule has 0 aliphatic heterocycles. The summed E-state index contributed by atoms with van der Waals surface area (Å²) in [6.07, 6.45) is 0.145. The van der Waals surface area contributed by atoms with E-state index in [1.54, 1.807) is 24.3 Å². The highest BCUT2D eigenvalue weighted by molar-refractivity contribution is 7.85. The molecule has 7 heteroatoms. The molecule has 0 aliphatic rings. The molecule has 0 heterocycles. The summed E-state index contributed by atoms with van der Waals surface area (Å²) in [5.74, 6) is -0.759. The molecule has 18 heavy (non-hydrogen) atoms.